The van der Waals surface area contributed by atoms with Crippen molar-refractivity contribution in [1.82, 2.24) is 9.78 Å². The number of anilines is 1. The van der Waals surface area contributed by atoms with Gasteiger partial charge in [0, 0.05) is 6.04 Å². The van der Waals surface area contributed by atoms with E-state index in [0.717, 1.165) is 0 Å². The number of nitrogens with zero attached hydrogens (tertiary/aromatic N) is 2. The number of para-hydroxylation sites is 1. The van der Waals surface area contributed by atoms with E-state index >= 15 is 0 Å². The zero-order valence-corrected chi connectivity index (χ0v) is 11.7. The molecule has 0 spiro atoms. The van der Waals surface area contributed by atoms with Crippen molar-refractivity contribution in [1.29, 1.82) is 0 Å². The van der Waals surface area contributed by atoms with Gasteiger partial charge < -0.3 is 15.2 Å². The van der Waals surface area contributed by atoms with Crippen LogP contribution in [0.5, 0.6) is 11.5 Å². The monoisotopic (exact) mass is 275 g/mol. The molecule has 2 N–H and O–H groups in total. The molecular weight excluding hydrogens is 258 g/mol. The van der Waals surface area contributed by atoms with E-state index in [1.807, 2.05) is 13.8 Å². The Kier molecular flexibility index (Phi) is 3.93. The van der Waals surface area contributed by atoms with Crippen molar-refractivity contribution in [3.63, 3.8) is 0 Å². The highest BCUT2D eigenvalue weighted by Gasteiger charge is 2.17. The minimum atomic E-state index is -0.497. The summed E-state index contributed by atoms with van der Waals surface area (Å²) in [6.07, 6.45) is 3.33. The van der Waals surface area contributed by atoms with Gasteiger partial charge in [-0.2, -0.15) is 5.10 Å². The summed E-state index contributed by atoms with van der Waals surface area (Å²) in [7, 11) is 1.31. The van der Waals surface area contributed by atoms with Gasteiger partial charge in [0.25, 0.3) is 0 Å². The van der Waals surface area contributed by atoms with Crippen LogP contribution in [-0.4, -0.2) is 22.9 Å². The number of carbonyl (C=O) groups is 1. The quantitative estimate of drug-likeness (QED) is 0.685. The lowest BCUT2D eigenvalue weighted by molar-refractivity contribution is 0.0598. The number of aromatic nitrogens is 2. The second-order valence-electron chi connectivity index (χ2n) is 4.57. The van der Waals surface area contributed by atoms with Gasteiger partial charge in [-0.1, -0.05) is 6.07 Å². The van der Waals surface area contributed by atoms with Gasteiger partial charge in [-0.3, -0.25) is 4.68 Å². The summed E-state index contributed by atoms with van der Waals surface area (Å²) in [6.45, 7) is 4.01. The molecule has 1 heterocycles. The van der Waals surface area contributed by atoms with E-state index in [0.29, 0.717) is 11.4 Å². The lowest BCUT2D eigenvalue weighted by Gasteiger charge is -2.10. The Balaban J connectivity index is 2.34. The molecule has 0 atom stereocenters. The summed E-state index contributed by atoms with van der Waals surface area (Å²) in [5.74, 6) is 0.299. The summed E-state index contributed by atoms with van der Waals surface area (Å²) in [6, 6.07) is 5.16. The third-order valence-corrected chi connectivity index (χ3v) is 2.78. The van der Waals surface area contributed by atoms with Gasteiger partial charge >= 0.3 is 5.97 Å². The zero-order chi connectivity index (χ0) is 14.7. The molecule has 0 unspecified atom stereocenters. The number of benzene rings is 1. The second-order valence-corrected chi connectivity index (χ2v) is 4.57. The SMILES string of the molecule is COC(=O)c1cccc(N)c1Oc1cnn(C(C)C)c1. The minimum absolute atomic E-state index is 0.223. The number of carbonyl (C=O) groups excluding carboxylic acids is 1. The summed E-state index contributed by atoms with van der Waals surface area (Å²) < 4.78 is 12.2. The fraction of sp³-hybridized carbons (Fsp3) is 0.286. The summed E-state index contributed by atoms with van der Waals surface area (Å²) >= 11 is 0. The highest BCUT2D eigenvalue weighted by molar-refractivity contribution is 5.94. The molecule has 2 aromatic rings. The first-order valence-corrected chi connectivity index (χ1v) is 6.21. The third-order valence-electron chi connectivity index (χ3n) is 2.78. The van der Waals surface area contributed by atoms with Gasteiger partial charge in [-0.05, 0) is 26.0 Å². The molecule has 1 aromatic carbocycles. The van der Waals surface area contributed by atoms with E-state index in [-0.39, 0.29) is 17.4 Å². The Morgan fingerprint density at radius 3 is 2.75 bits per heavy atom. The molecule has 0 bridgehead atoms. The van der Waals surface area contributed by atoms with E-state index in [4.69, 9.17) is 15.2 Å². The van der Waals surface area contributed by atoms with Crippen LogP contribution in [0, 0.1) is 0 Å². The average Bonchev–Trinajstić information content (AvgIpc) is 2.89. The first-order valence-electron chi connectivity index (χ1n) is 6.21. The van der Waals surface area contributed by atoms with Crippen molar-refractivity contribution in [3.8, 4) is 11.5 Å². The van der Waals surface area contributed by atoms with Crippen molar-refractivity contribution in [2.75, 3.05) is 12.8 Å². The maximum Gasteiger partial charge on any atom is 0.341 e. The molecule has 1 aromatic heterocycles. The molecule has 2 rings (SSSR count). The van der Waals surface area contributed by atoms with E-state index < -0.39 is 5.97 Å². The van der Waals surface area contributed by atoms with Crippen LogP contribution in [-0.2, 0) is 4.74 Å². The third kappa shape index (κ3) is 2.74. The van der Waals surface area contributed by atoms with Crippen LogP contribution in [0.2, 0.25) is 0 Å². The predicted octanol–water partition coefficient (Wildman–Crippen LogP) is 2.63. The summed E-state index contributed by atoms with van der Waals surface area (Å²) in [5, 5.41) is 4.17. The van der Waals surface area contributed by atoms with Crippen LogP contribution in [0.15, 0.2) is 30.6 Å². The summed E-state index contributed by atoms with van der Waals surface area (Å²) in [4.78, 5) is 11.7. The van der Waals surface area contributed by atoms with Crippen molar-refractivity contribution in [2.24, 2.45) is 0 Å². The molecule has 0 aliphatic rings. The number of ether oxygens (including phenoxy) is 2. The van der Waals surface area contributed by atoms with Crippen LogP contribution >= 0.6 is 0 Å². The maximum atomic E-state index is 11.7. The van der Waals surface area contributed by atoms with Crippen molar-refractivity contribution < 1.29 is 14.3 Å². The predicted molar refractivity (Wildman–Crippen MR) is 74.9 cm³/mol. The molecule has 0 saturated heterocycles. The first kappa shape index (κ1) is 13.9. The normalized spacial score (nSPS) is 10.6. The van der Waals surface area contributed by atoms with E-state index in [1.165, 1.54) is 7.11 Å². The lowest BCUT2D eigenvalue weighted by Crippen LogP contribution is -2.05. The number of methoxy groups -OCH3 is 1. The van der Waals surface area contributed by atoms with Crippen LogP contribution in [0.25, 0.3) is 0 Å². The molecule has 0 radical (unpaired) electrons. The van der Waals surface area contributed by atoms with Gasteiger partial charge in [0.05, 0.1) is 25.2 Å². The molecule has 0 aliphatic carbocycles. The zero-order valence-electron chi connectivity index (χ0n) is 11.7. The Labute approximate surface area is 117 Å². The number of rotatable bonds is 4. The highest BCUT2D eigenvalue weighted by atomic mass is 16.5. The average molecular weight is 275 g/mol. The molecule has 6 heteroatoms. The Morgan fingerprint density at radius 2 is 2.15 bits per heavy atom. The van der Waals surface area contributed by atoms with Crippen molar-refractivity contribution >= 4 is 11.7 Å². The fourth-order valence-electron chi connectivity index (χ4n) is 1.71. The number of nitrogens with two attached hydrogens (primary N) is 1. The van der Waals surface area contributed by atoms with E-state index in [1.54, 1.807) is 35.3 Å². The Morgan fingerprint density at radius 1 is 1.40 bits per heavy atom. The van der Waals surface area contributed by atoms with Crippen LogP contribution in [0.3, 0.4) is 0 Å². The van der Waals surface area contributed by atoms with E-state index in [2.05, 4.69) is 5.10 Å². The standard InChI is InChI=1S/C14H17N3O3/c1-9(2)17-8-10(7-16-17)20-13-11(14(18)19-3)5-4-6-12(13)15/h4-9H,15H2,1-3H3. The second kappa shape index (κ2) is 5.64. The Hall–Kier alpha value is -2.50. The number of nitrogen functional groups attached to an aromatic ring is 1. The largest absolute Gasteiger partial charge is 0.465 e. The molecular formula is C14H17N3O3. The molecule has 0 amide bonds. The summed E-state index contributed by atoms with van der Waals surface area (Å²) in [5.41, 5.74) is 6.52. The highest BCUT2D eigenvalue weighted by Crippen LogP contribution is 2.31. The topological polar surface area (TPSA) is 79.4 Å². The van der Waals surface area contributed by atoms with Gasteiger partial charge in [-0.15, -0.1) is 0 Å². The number of esters is 1. The van der Waals surface area contributed by atoms with Crippen LogP contribution in [0.1, 0.15) is 30.2 Å². The number of hydrogen-bond acceptors (Lipinski definition) is 5. The molecule has 106 valence electrons. The molecule has 0 saturated carbocycles. The van der Waals surface area contributed by atoms with Gasteiger partial charge in [0.1, 0.15) is 5.56 Å². The smallest absolute Gasteiger partial charge is 0.341 e. The van der Waals surface area contributed by atoms with E-state index in [9.17, 15) is 4.79 Å². The van der Waals surface area contributed by atoms with Gasteiger partial charge in [0.15, 0.2) is 11.5 Å². The van der Waals surface area contributed by atoms with Gasteiger partial charge in [0.2, 0.25) is 0 Å². The lowest BCUT2D eigenvalue weighted by atomic mass is 10.2. The maximum absolute atomic E-state index is 11.7. The molecule has 0 fully saturated rings. The van der Waals surface area contributed by atoms with Crippen molar-refractivity contribution in [2.45, 2.75) is 19.9 Å². The van der Waals surface area contributed by atoms with Crippen LogP contribution in [0.4, 0.5) is 5.69 Å². The van der Waals surface area contributed by atoms with Gasteiger partial charge in [-0.25, -0.2) is 4.79 Å². The molecule has 6 nitrogen and oxygen atoms in total. The fourth-order valence-corrected chi connectivity index (χ4v) is 1.71. The van der Waals surface area contributed by atoms with Crippen molar-refractivity contribution in [3.05, 3.63) is 36.2 Å². The Bertz CT molecular complexity index is 620. The molecule has 20 heavy (non-hydrogen) atoms. The molecule has 0 aliphatic heterocycles. The van der Waals surface area contributed by atoms with Crippen LogP contribution < -0.4 is 10.5 Å². The first-order chi connectivity index (χ1) is 9.52. The minimum Gasteiger partial charge on any atom is -0.465 e. The number of hydrogen-bond donors (Lipinski definition) is 1.